The van der Waals surface area contributed by atoms with Crippen LogP contribution in [-0.2, 0) is 5.60 Å². The molecule has 3 rings (SSSR count). The number of imidazole rings is 1. The van der Waals surface area contributed by atoms with Crippen molar-refractivity contribution in [3.63, 3.8) is 0 Å². The van der Waals surface area contributed by atoms with Crippen LogP contribution in [0.5, 0.6) is 0 Å². The van der Waals surface area contributed by atoms with Gasteiger partial charge in [-0.1, -0.05) is 11.3 Å². The van der Waals surface area contributed by atoms with Crippen molar-refractivity contribution in [1.82, 2.24) is 14.6 Å². The molecule has 3 aromatic rings. The largest absolute Gasteiger partial charge is 0.463 e. The molecule has 0 unspecified atom stereocenters. The molecule has 0 aliphatic heterocycles. The van der Waals surface area contributed by atoms with E-state index in [0.29, 0.717) is 15.9 Å². The molecule has 3 heterocycles. The molecule has 0 saturated carbocycles. The van der Waals surface area contributed by atoms with Crippen molar-refractivity contribution in [3.05, 3.63) is 35.5 Å². The molecule has 24 heavy (non-hydrogen) atoms. The minimum Gasteiger partial charge on any atom is -0.463 e. The van der Waals surface area contributed by atoms with Gasteiger partial charge in [0.2, 0.25) is 15.7 Å². The van der Waals surface area contributed by atoms with E-state index in [4.69, 9.17) is 4.42 Å². The van der Waals surface area contributed by atoms with E-state index in [-0.39, 0.29) is 6.54 Å². The highest BCUT2D eigenvalue weighted by Gasteiger charge is 2.56. The first-order chi connectivity index (χ1) is 11.2. The standard InChI is InChI=1S/C14H15F3N4O2S/c1-8-7-21-12(19-8)24-11(20-21)18-6-5-13(22,14(15,16)17)10-4-3-9(2)23-10/h3-4,7,22H,5-6H2,1-2H3,(H,18,20)/t13-/m0/s1. The molecule has 10 heteroatoms. The van der Waals surface area contributed by atoms with Crippen molar-refractivity contribution in [2.24, 2.45) is 0 Å². The van der Waals surface area contributed by atoms with Gasteiger partial charge < -0.3 is 14.8 Å². The molecule has 2 N–H and O–H groups in total. The van der Waals surface area contributed by atoms with E-state index in [9.17, 15) is 18.3 Å². The molecule has 6 nitrogen and oxygen atoms in total. The maximum atomic E-state index is 13.3. The topological polar surface area (TPSA) is 75.6 Å². The number of aryl methyl sites for hydroxylation is 2. The van der Waals surface area contributed by atoms with Crippen LogP contribution in [0.25, 0.3) is 4.96 Å². The lowest BCUT2D eigenvalue weighted by atomic mass is 9.96. The van der Waals surface area contributed by atoms with Gasteiger partial charge in [-0.2, -0.15) is 13.2 Å². The van der Waals surface area contributed by atoms with Crippen molar-refractivity contribution >= 4 is 21.4 Å². The summed E-state index contributed by atoms with van der Waals surface area (Å²) in [5, 5.41) is 17.5. The Morgan fingerprint density at radius 2 is 2.08 bits per heavy atom. The maximum Gasteiger partial charge on any atom is 0.424 e. The zero-order valence-electron chi connectivity index (χ0n) is 12.9. The average molecular weight is 360 g/mol. The molecule has 0 bridgehead atoms. The zero-order valence-corrected chi connectivity index (χ0v) is 13.7. The number of halogens is 3. The Labute approximate surface area is 138 Å². The Balaban J connectivity index is 1.72. The average Bonchev–Trinajstić information content (AvgIpc) is 3.12. The van der Waals surface area contributed by atoms with E-state index >= 15 is 0 Å². The molecule has 0 aliphatic rings. The predicted octanol–water partition coefficient (Wildman–Crippen LogP) is 3.25. The van der Waals surface area contributed by atoms with E-state index < -0.39 is 24.0 Å². The van der Waals surface area contributed by atoms with Gasteiger partial charge in [0.15, 0.2) is 0 Å². The smallest absolute Gasteiger partial charge is 0.424 e. The normalized spacial score (nSPS) is 14.9. The van der Waals surface area contributed by atoms with Crippen LogP contribution in [0.4, 0.5) is 18.3 Å². The first kappa shape index (κ1) is 16.8. The Bertz CT molecular complexity index is 822. The molecule has 130 valence electrons. The number of hydrogen-bond acceptors (Lipinski definition) is 6. The van der Waals surface area contributed by atoms with Crippen molar-refractivity contribution in [2.45, 2.75) is 32.0 Å². The minimum atomic E-state index is -4.85. The molecule has 0 aliphatic carbocycles. The number of nitrogens with one attached hydrogen (secondary N) is 1. The molecule has 0 radical (unpaired) electrons. The fourth-order valence-corrected chi connectivity index (χ4v) is 3.14. The van der Waals surface area contributed by atoms with E-state index in [2.05, 4.69) is 15.4 Å². The van der Waals surface area contributed by atoms with Crippen molar-refractivity contribution in [3.8, 4) is 0 Å². The molecule has 1 atom stereocenters. The van der Waals surface area contributed by atoms with E-state index in [1.165, 1.54) is 24.3 Å². The van der Waals surface area contributed by atoms with E-state index in [1.807, 2.05) is 6.92 Å². The van der Waals surface area contributed by atoms with Crippen LogP contribution in [0.1, 0.15) is 23.6 Å². The number of rotatable bonds is 5. The van der Waals surface area contributed by atoms with Crippen LogP contribution < -0.4 is 5.32 Å². The summed E-state index contributed by atoms with van der Waals surface area (Å²) in [5.74, 6) is -0.212. The van der Waals surface area contributed by atoms with E-state index in [1.54, 1.807) is 10.7 Å². The lowest BCUT2D eigenvalue weighted by Gasteiger charge is -2.28. The number of aromatic nitrogens is 3. The van der Waals surface area contributed by atoms with Gasteiger partial charge in [-0.15, -0.1) is 5.10 Å². The summed E-state index contributed by atoms with van der Waals surface area (Å²) >= 11 is 1.22. The van der Waals surface area contributed by atoms with Crippen molar-refractivity contribution in [1.29, 1.82) is 0 Å². The number of alkyl halides is 3. The quantitative estimate of drug-likeness (QED) is 0.730. The number of furan rings is 1. The van der Waals surface area contributed by atoms with Gasteiger partial charge >= 0.3 is 6.18 Å². The summed E-state index contributed by atoms with van der Waals surface area (Å²) in [6, 6.07) is 2.53. The second-order valence-electron chi connectivity index (χ2n) is 5.46. The van der Waals surface area contributed by atoms with Gasteiger partial charge in [0, 0.05) is 13.0 Å². The third-order valence-corrected chi connectivity index (χ3v) is 4.42. The number of anilines is 1. The third kappa shape index (κ3) is 2.98. The summed E-state index contributed by atoms with van der Waals surface area (Å²) in [6.07, 6.45) is -3.74. The summed E-state index contributed by atoms with van der Waals surface area (Å²) in [5.41, 5.74) is -2.25. The molecule has 0 saturated heterocycles. The van der Waals surface area contributed by atoms with Gasteiger partial charge in [-0.05, 0) is 26.0 Å². The second-order valence-corrected chi connectivity index (χ2v) is 6.42. The van der Waals surface area contributed by atoms with Crippen molar-refractivity contribution in [2.75, 3.05) is 11.9 Å². The molecule has 0 spiro atoms. The highest BCUT2D eigenvalue weighted by atomic mass is 32.1. The van der Waals surface area contributed by atoms with Crippen molar-refractivity contribution < 1.29 is 22.7 Å². The highest BCUT2D eigenvalue weighted by Crippen LogP contribution is 2.42. The Kier molecular flexibility index (Phi) is 4.04. The lowest BCUT2D eigenvalue weighted by molar-refractivity contribution is -0.274. The molecule has 3 aromatic heterocycles. The minimum absolute atomic E-state index is 0.134. The summed E-state index contributed by atoms with van der Waals surface area (Å²) in [7, 11) is 0. The fourth-order valence-electron chi connectivity index (χ4n) is 2.29. The Hall–Kier alpha value is -2.07. The SMILES string of the molecule is Cc1cn2nc(NCC[C@](O)(c3ccc(C)o3)C(F)(F)F)sc2n1. The van der Waals surface area contributed by atoms with Crippen LogP contribution in [-0.4, -0.2) is 32.4 Å². The highest BCUT2D eigenvalue weighted by molar-refractivity contribution is 7.20. The fraction of sp³-hybridized carbons (Fsp3) is 0.429. The number of fused-ring (bicyclic) bond motifs is 1. The number of nitrogens with zero attached hydrogens (tertiary/aromatic N) is 3. The van der Waals surface area contributed by atoms with Gasteiger partial charge in [-0.3, -0.25) is 0 Å². The maximum absolute atomic E-state index is 13.3. The molecular formula is C14H15F3N4O2S. The van der Waals surface area contributed by atoms with Crippen LogP contribution in [0, 0.1) is 13.8 Å². The summed E-state index contributed by atoms with van der Waals surface area (Å²) < 4.78 is 46.5. The van der Waals surface area contributed by atoms with Gasteiger partial charge in [0.1, 0.15) is 11.5 Å². The van der Waals surface area contributed by atoms with Crippen LogP contribution in [0.3, 0.4) is 0 Å². The first-order valence-electron chi connectivity index (χ1n) is 7.12. The molecule has 0 aromatic carbocycles. The first-order valence-corrected chi connectivity index (χ1v) is 7.93. The Morgan fingerprint density at radius 3 is 2.67 bits per heavy atom. The lowest BCUT2D eigenvalue weighted by Crippen LogP contribution is -2.43. The van der Waals surface area contributed by atoms with Crippen LogP contribution >= 0.6 is 11.3 Å². The number of hydrogen-bond donors (Lipinski definition) is 2. The molecular weight excluding hydrogens is 345 g/mol. The Morgan fingerprint density at radius 1 is 1.33 bits per heavy atom. The number of aliphatic hydroxyl groups is 1. The summed E-state index contributed by atoms with van der Waals surface area (Å²) in [6.45, 7) is 3.21. The van der Waals surface area contributed by atoms with Gasteiger partial charge in [-0.25, -0.2) is 9.50 Å². The summed E-state index contributed by atoms with van der Waals surface area (Å²) in [4.78, 5) is 4.86. The monoisotopic (exact) mass is 360 g/mol. The second kappa shape index (κ2) is 5.78. The van der Waals surface area contributed by atoms with Gasteiger partial charge in [0.05, 0.1) is 11.9 Å². The van der Waals surface area contributed by atoms with E-state index in [0.717, 1.165) is 11.8 Å². The predicted molar refractivity (Wildman–Crippen MR) is 82.1 cm³/mol. The zero-order chi connectivity index (χ0) is 17.5. The third-order valence-electron chi connectivity index (χ3n) is 3.54. The molecule has 0 amide bonds. The van der Waals surface area contributed by atoms with Gasteiger partial charge in [0.25, 0.3) is 0 Å². The molecule has 0 fully saturated rings. The van der Waals surface area contributed by atoms with Crippen LogP contribution in [0.15, 0.2) is 22.7 Å². The van der Waals surface area contributed by atoms with Crippen LogP contribution in [0.2, 0.25) is 0 Å².